The average Bonchev–Trinajstić information content (AvgIpc) is 2.91. The zero-order chi connectivity index (χ0) is 17.0. The Balaban J connectivity index is 2.14. The standard InChI is InChI=1S/C17H23N3O2S/c1-11(2)20(9-13(4)21)17(22)19-15-7-5-6-14(8-15)16-18-12(3)10-23-16/h5-8,10-11,13,21H,9H2,1-4H3,(H,19,22). The lowest BCUT2D eigenvalue weighted by atomic mass is 10.2. The number of thiazole rings is 1. The molecule has 124 valence electrons. The molecule has 1 unspecified atom stereocenters. The van der Waals surface area contributed by atoms with Gasteiger partial charge in [-0.3, -0.25) is 0 Å². The first-order chi connectivity index (χ1) is 10.9. The van der Waals surface area contributed by atoms with Gasteiger partial charge >= 0.3 is 6.03 Å². The van der Waals surface area contributed by atoms with Crippen molar-refractivity contribution in [1.29, 1.82) is 0 Å². The van der Waals surface area contributed by atoms with E-state index in [4.69, 9.17) is 0 Å². The molecule has 2 rings (SSSR count). The molecule has 1 aromatic heterocycles. The van der Waals surface area contributed by atoms with Crippen molar-refractivity contribution in [2.45, 2.75) is 39.8 Å². The van der Waals surface area contributed by atoms with Gasteiger partial charge in [0.2, 0.25) is 0 Å². The number of nitrogens with zero attached hydrogens (tertiary/aromatic N) is 2. The van der Waals surface area contributed by atoms with Gasteiger partial charge in [0.05, 0.1) is 6.10 Å². The lowest BCUT2D eigenvalue weighted by Gasteiger charge is -2.28. The van der Waals surface area contributed by atoms with Crippen LogP contribution in [-0.4, -0.2) is 39.7 Å². The molecule has 0 fully saturated rings. The van der Waals surface area contributed by atoms with Crippen molar-refractivity contribution in [3.63, 3.8) is 0 Å². The van der Waals surface area contributed by atoms with Crippen LogP contribution in [0.3, 0.4) is 0 Å². The van der Waals surface area contributed by atoms with Crippen molar-refractivity contribution in [3.8, 4) is 10.6 Å². The lowest BCUT2D eigenvalue weighted by molar-refractivity contribution is 0.125. The molecule has 0 aliphatic carbocycles. The van der Waals surface area contributed by atoms with Gasteiger partial charge in [-0.15, -0.1) is 11.3 Å². The van der Waals surface area contributed by atoms with Gasteiger partial charge in [0.15, 0.2) is 0 Å². The molecular weight excluding hydrogens is 310 g/mol. The predicted molar refractivity (Wildman–Crippen MR) is 94.8 cm³/mol. The normalized spacial score (nSPS) is 12.3. The number of aryl methyl sites for hydroxylation is 1. The number of urea groups is 1. The molecule has 5 nitrogen and oxygen atoms in total. The molecular formula is C17H23N3O2S. The number of rotatable bonds is 5. The topological polar surface area (TPSA) is 65.5 Å². The Labute approximate surface area is 141 Å². The number of anilines is 1. The molecule has 0 radical (unpaired) electrons. The van der Waals surface area contributed by atoms with E-state index in [9.17, 15) is 9.90 Å². The number of carbonyl (C=O) groups is 1. The number of nitrogens with one attached hydrogen (secondary N) is 1. The molecule has 23 heavy (non-hydrogen) atoms. The molecule has 2 amide bonds. The summed E-state index contributed by atoms with van der Waals surface area (Å²) >= 11 is 1.58. The predicted octanol–water partition coefficient (Wildman–Crippen LogP) is 3.74. The Kier molecular flexibility index (Phi) is 5.74. The monoisotopic (exact) mass is 333 g/mol. The number of amides is 2. The maximum Gasteiger partial charge on any atom is 0.322 e. The molecule has 1 aromatic carbocycles. The van der Waals surface area contributed by atoms with Crippen LogP contribution in [0.2, 0.25) is 0 Å². The Hall–Kier alpha value is -1.92. The molecule has 0 aliphatic heterocycles. The summed E-state index contributed by atoms with van der Waals surface area (Å²) in [5.74, 6) is 0. The van der Waals surface area contributed by atoms with E-state index in [2.05, 4.69) is 10.3 Å². The molecule has 0 saturated heterocycles. The third-order valence-electron chi connectivity index (χ3n) is 3.32. The summed E-state index contributed by atoms with van der Waals surface area (Å²) in [5.41, 5.74) is 2.69. The fraction of sp³-hybridized carbons (Fsp3) is 0.412. The summed E-state index contributed by atoms with van der Waals surface area (Å²) in [6.45, 7) is 7.79. The SMILES string of the molecule is Cc1csc(-c2cccc(NC(=O)N(CC(C)O)C(C)C)c2)n1. The number of carbonyl (C=O) groups excluding carboxylic acids is 1. The van der Waals surface area contributed by atoms with Crippen LogP contribution in [0.15, 0.2) is 29.6 Å². The largest absolute Gasteiger partial charge is 0.392 e. The van der Waals surface area contributed by atoms with Crippen molar-refractivity contribution >= 4 is 23.1 Å². The Morgan fingerprint density at radius 3 is 2.70 bits per heavy atom. The minimum atomic E-state index is -0.562. The van der Waals surface area contributed by atoms with Gasteiger partial charge in [-0.05, 0) is 39.8 Å². The second kappa shape index (κ2) is 7.57. The van der Waals surface area contributed by atoms with E-state index in [1.54, 1.807) is 23.2 Å². The van der Waals surface area contributed by atoms with Gasteiger partial charge < -0.3 is 15.3 Å². The van der Waals surface area contributed by atoms with Crippen LogP contribution in [0.25, 0.3) is 10.6 Å². The van der Waals surface area contributed by atoms with Crippen LogP contribution < -0.4 is 5.32 Å². The van der Waals surface area contributed by atoms with Crippen molar-refractivity contribution in [2.24, 2.45) is 0 Å². The van der Waals surface area contributed by atoms with E-state index < -0.39 is 6.10 Å². The fourth-order valence-corrected chi connectivity index (χ4v) is 3.02. The van der Waals surface area contributed by atoms with Crippen LogP contribution in [0.5, 0.6) is 0 Å². The highest BCUT2D eigenvalue weighted by atomic mass is 32.1. The molecule has 1 atom stereocenters. The van der Waals surface area contributed by atoms with Crippen LogP contribution >= 0.6 is 11.3 Å². The summed E-state index contributed by atoms with van der Waals surface area (Å²) in [6, 6.07) is 7.43. The number of hydrogen-bond donors (Lipinski definition) is 2. The molecule has 2 N–H and O–H groups in total. The molecule has 0 spiro atoms. The summed E-state index contributed by atoms with van der Waals surface area (Å²) in [4.78, 5) is 18.5. The summed E-state index contributed by atoms with van der Waals surface area (Å²) in [6.07, 6.45) is -0.562. The maximum atomic E-state index is 12.4. The highest BCUT2D eigenvalue weighted by molar-refractivity contribution is 7.13. The summed E-state index contributed by atoms with van der Waals surface area (Å²) in [5, 5.41) is 15.4. The third kappa shape index (κ3) is 4.77. The van der Waals surface area contributed by atoms with Crippen molar-refractivity contribution in [2.75, 3.05) is 11.9 Å². The summed E-state index contributed by atoms with van der Waals surface area (Å²) in [7, 11) is 0. The Morgan fingerprint density at radius 2 is 2.13 bits per heavy atom. The van der Waals surface area contributed by atoms with Crippen LogP contribution in [0.1, 0.15) is 26.5 Å². The number of aliphatic hydroxyl groups excluding tert-OH is 1. The molecule has 0 bridgehead atoms. The molecule has 2 aromatic rings. The Morgan fingerprint density at radius 1 is 1.39 bits per heavy atom. The minimum Gasteiger partial charge on any atom is -0.392 e. The van der Waals surface area contributed by atoms with E-state index in [0.29, 0.717) is 6.54 Å². The molecule has 0 aliphatic rings. The van der Waals surface area contributed by atoms with Crippen molar-refractivity contribution < 1.29 is 9.90 Å². The first-order valence-corrected chi connectivity index (χ1v) is 8.53. The third-order valence-corrected chi connectivity index (χ3v) is 4.33. The van der Waals surface area contributed by atoms with Crippen LogP contribution in [-0.2, 0) is 0 Å². The minimum absolute atomic E-state index is 0.00870. The van der Waals surface area contributed by atoms with E-state index in [-0.39, 0.29) is 12.1 Å². The van der Waals surface area contributed by atoms with Gasteiger partial charge in [-0.25, -0.2) is 9.78 Å². The number of hydrogen-bond acceptors (Lipinski definition) is 4. The number of aromatic nitrogens is 1. The second-order valence-electron chi connectivity index (χ2n) is 5.90. The smallest absolute Gasteiger partial charge is 0.322 e. The average molecular weight is 333 g/mol. The second-order valence-corrected chi connectivity index (χ2v) is 6.76. The first-order valence-electron chi connectivity index (χ1n) is 7.65. The van der Waals surface area contributed by atoms with E-state index in [0.717, 1.165) is 22.0 Å². The van der Waals surface area contributed by atoms with Crippen molar-refractivity contribution in [3.05, 3.63) is 35.3 Å². The van der Waals surface area contributed by atoms with Gasteiger partial charge in [-0.1, -0.05) is 12.1 Å². The zero-order valence-corrected chi connectivity index (χ0v) is 14.7. The molecule has 6 heteroatoms. The van der Waals surface area contributed by atoms with Gasteiger partial charge in [0.1, 0.15) is 5.01 Å². The van der Waals surface area contributed by atoms with Gasteiger partial charge in [0, 0.05) is 34.9 Å². The van der Waals surface area contributed by atoms with E-state index >= 15 is 0 Å². The molecule has 1 heterocycles. The fourth-order valence-electron chi connectivity index (χ4n) is 2.22. The number of aliphatic hydroxyl groups is 1. The van der Waals surface area contributed by atoms with E-state index in [1.807, 2.05) is 50.4 Å². The lowest BCUT2D eigenvalue weighted by Crippen LogP contribution is -2.43. The summed E-state index contributed by atoms with van der Waals surface area (Å²) < 4.78 is 0. The zero-order valence-electron chi connectivity index (χ0n) is 13.9. The van der Waals surface area contributed by atoms with Crippen molar-refractivity contribution in [1.82, 2.24) is 9.88 Å². The van der Waals surface area contributed by atoms with Crippen LogP contribution in [0, 0.1) is 6.92 Å². The molecule has 0 saturated carbocycles. The van der Waals surface area contributed by atoms with E-state index in [1.165, 1.54) is 0 Å². The van der Waals surface area contributed by atoms with Crippen LogP contribution in [0.4, 0.5) is 10.5 Å². The maximum absolute atomic E-state index is 12.4. The highest BCUT2D eigenvalue weighted by Gasteiger charge is 2.19. The Bertz CT molecular complexity index is 667. The first kappa shape index (κ1) is 17.4. The highest BCUT2D eigenvalue weighted by Crippen LogP contribution is 2.26. The van der Waals surface area contributed by atoms with Gasteiger partial charge in [-0.2, -0.15) is 0 Å². The number of benzene rings is 1. The van der Waals surface area contributed by atoms with Gasteiger partial charge in [0.25, 0.3) is 0 Å². The quantitative estimate of drug-likeness (QED) is 0.876.